The molecule has 0 radical (unpaired) electrons. The number of rotatable bonds is 10. The molecule has 0 atom stereocenters. The highest BCUT2D eigenvalue weighted by atomic mass is 28.4. The van der Waals surface area contributed by atoms with Gasteiger partial charge >= 0.3 is 6.09 Å². The van der Waals surface area contributed by atoms with Crippen LogP contribution in [-0.2, 0) is 22.2 Å². The van der Waals surface area contributed by atoms with Crippen molar-refractivity contribution in [3.8, 4) is 11.1 Å². The highest BCUT2D eigenvalue weighted by Crippen LogP contribution is 2.37. The number of nitrogens with zero attached hydrogens (tertiary/aromatic N) is 1. The van der Waals surface area contributed by atoms with Crippen LogP contribution in [0.5, 0.6) is 0 Å². The molecule has 2 amide bonds. The van der Waals surface area contributed by atoms with Crippen molar-refractivity contribution in [3.05, 3.63) is 78.0 Å². The van der Waals surface area contributed by atoms with Gasteiger partial charge in [-0.25, -0.2) is 9.78 Å². The standard InChI is InChI=1S/C29H37N3O4Si/c1-29(2,3)37(4,5)36-20-22-15-17-26(30-19-22)32-27(33)13-9-10-21-14-16-24(23-11-7-6-8-12-23)25(18-21)31-28(34)35/h6-8,11-12,14-19,31H,9-10,13,20H2,1-5H3,(H,34,35)(H,30,32,33). The number of pyridine rings is 1. The van der Waals surface area contributed by atoms with E-state index < -0.39 is 14.4 Å². The van der Waals surface area contributed by atoms with Gasteiger partial charge in [0.2, 0.25) is 5.91 Å². The van der Waals surface area contributed by atoms with E-state index >= 15 is 0 Å². The number of carbonyl (C=O) groups excluding carboxylic acids is 1. The van der Waals surface area contributed by atoms with Gasteiger partial charge in [-0.2, -0.15) is 0 Å². The molecule has 1 heterocycles. The summed E-state index contributed by atoms with van der Waals surface area (Å²) in [4.78, 5) is 28.1. The van der Waals surface area contributed by atoms with E-state index in [9.17, 15) is 14.7 Å². The molecule has 37 heavy (non-hydrogen) atoms. The first-order valence-electron chi connectivity index (χ1n) is 12.5. The van der Waals surface area contributed by atoms with E-state index in [1.807, 2.05) is 54.6 Å². The number of benzene rings is 2. The molecule has 0 bridgehead atoms. The second kappa shape index (κ2) is 12.2. The smallest absolute Gasteiger partial charge is 0.409 e. The maximum absolute atomic E-state index is 12.4. The fraction of sp³-hybridized carbons (Fsp3) is 0.345. The Morgan fingerprint density at radius 2 is 1.68 bits per heavy atom. The molecule has 0 fully saturated rings. The molecule has 3 rings (SSSR count). The molecule has 0 aliphatic heterocycles. The van der Waals surface area contributed by atoms with Crippen LogP contribution in [0, 0.1) is 0 Å². The van der Waals surface area contributed by atoms with E-state index in [1.165, 1.54) is 0 Å². The summed E-state index contributed by atoms with van der Waals surface area (Å²) in [5.74, 6) is 0.406. The molecule has 0 unspecified atom stereocenters. The predicted molar refractivity (Wildman–Crippen MR) is 151 cm³/mol. The second-order valence-electron chi connectivity index (χ2n) is 10.7. The van der Waals surface area contributed by atoms with Crippen LogP contribution in [0.25, 0.3) is 11.1 Å². The van der Waals surface area contributed by atoms with Gasteiger partial charge in [-0.3, -0.25) is 10.1 Å². The fourth-order valence-electron chi connectivity index (χ4n) is 3.56. The topological polar surface area (TPSA) is 101 Å². The average molecular weight is 520 g/mol. The maximum Gasteiger partial charge on any atom is 0.409 e. The van der Waals surface area contributed by atoms with Crippen molar-refractivity contribution >= 4 is 31.8 Å². The van der Waals surface area contributed by atoms with Gasteiger partial charge in [0, 0.05) is 18.2 Å². The van der Waals surface area contributed by atoms with Crippen LogP contribution < -0.4 is 10.6 Å². The van der Waals surface area contributed by atoms with E-state index in [-0.39, 0.29) is 10.9 Å². The van der Waals surface area contributed by atoms with Crippen molar-refractivity contribution in [2.75, 3.05) is 10.6 Å². The summed E-state index contributed by atoms with van der Waals surface area (Å²) in [5.41, 5.74) is 4.21. The molecular formula is C29H37N3O4Si. The molecule has 3 aromatic rings. The Morgan fingerprint density at radius 1 is 0.973 bits per heavy atom. The van der Waals surface area contributed by atoms with Crippen molar-refractivity contribution in [2.45, 2.75) is 64.8 Å². The molecule has 0 saturated carbocycles. The normalized spacial score (nSPS) is 11.7. The quantitative estimate of drug-likeness (QED) is 0.244. The third kappa shape index (κ3) is 8.26. The SMILES string of the molecule is CC(C)(C)[Si](C)(C)OCc1ccc(NC(=O)CCCc2ccc(-c3ccccc3)c(NC(=O)O)c2)nc1. The minimum absolute atomic E-state index is 0.109. The first kappa shape index (κ1) is 28.1. The summed E-state index contributed by atoms with van der Waals surface area (Å²) in [6.07, 6.45) is 2.24. The molecule has 1 aromatic heterocycles. The van der Waals surface area contributed by atoms with Crippen molar-refractivity contribution in [3.63, 3.8) is 0 Å². The highest BCUT2D eigenvalue weighted by Gasteiger charge is 2.37. The molecule has 7 nitrogen and oxygen atoms in total. The lowest BCUT2D eigenvalue weighted by Gasteiger charge is -2.36. The molecule has 8 heteroatoms. The van der Waals surface area contributed by atoms with Crippen LogP contribution in [0.15, 0.2) is 66.9 Å². The Kier molecular flexibility index (Phi) is 9.23. The van der Waals surface area contributed by atoms with Gasteiger partial charge in [-0.15, -0.1) is 0 Å². The van der Waals surface area contributed by atoms with Crippen molar-refractivity contribution in [1.82, 2.24) is 4.98 Å². The number of nitrogens with one attached hydrogen (secondary N) is 2. The fourth-order valence-corrected chi connectivity index (χ4v) is 4.52. The number of carboxylic acid groups (broad SMARTS) is 1. The molecular weight excluding hydrogens is 482 g/mol. The van der Waals surface area contributed by atoms with Crippen molar-refractivity contribution in [1.29, 1.82) is 0 Å². The zero-order valence-corrected chi connectivity index (χ0v) is 23.3. The Bertz CT molecular complexity index is 1210. The van der Waals surface area contributed by atoms with Crippen molar-refractivity contribution in [2.24, 2.45) is 0 Å². The molecule has 196 valence electrons. The van der Waals surface area contributed by atoms with Gasteiger partial charge in [-0.05, 0) is 59.8 Å². The third-order valence-corrected chi connectivity index (χ3v) is 11.3. The highest BCUT2D eigenvalue weighted by molar-refractivity contribution is 6.74. The van der Waals surface area contributed by atoms with Gasteiger partial charge in [0.1, 0.15) is 5.82 Å². The van der Waals surface area contributed by atoms with Crippen LogP contribution in [-0.4, -0.2) is 30.4 Å². The monoisotopic (exact) mass is 519 g/mol. The van der Waals surface area contributed by atoms with E-state index in [1.54, 1.807) is 12.3 Å². The number of aryl methyl sites for hydroxylation is 1. The van der Waals surface area contributed by atoms with Crippen molar-refractivity contribution < 1.29 is 19.1 Å². The lowest BCUT2D eigenvalue weighted by molar-refractivity contribution is -0.116. The number of hydrogen-bond acceptors (Lipinski definition) is 4. The van der Waals surface area contributed by atoms with E-state index in [2.05, 4.69) is 49.5 Å². The van der Waals surface area contributed by atoms with E-state index in [0.29, 0.717) is 37.4 Å². The number of hydrogen-bond donors (Lipinski definition) is 3. The lowest BCUT2D eigenvalue weighted by Crippen LogP contribution is -2.40. The Morgan fingerprint density at radius 3 is 2.30 bits per heavy atom. The molecule has 2 aromatic carbocycles. The van der Waals surface area contributed by atoms with Gasteiger partial charge in [-0.1, -0.05) is 69.3 Å². The van der Waals surface area contributed by atoms with Gasteiger partial charge in [0.25, 0.3) is 0 Å². The predicted octanol–water partition coefficient (Wildman–Crippen LogP) is 7.32. The number of aromatic nitrogens is 1. The molecule has 0 aliphatic rings. The minimum atomic E-state index is -1.83. The summed E-state index contributed by atoms with van der Waals surface area (Å²) in [7, 11) is -1.83. The first-order valence-corrected chi connectivity index (χ1v) is 15.4. The number of amides is 2. The largest absolute Gasteiger partial charge is 0.465 e. The Balaban J connectivity index is 1.52. The summed E-state index contributed by atoms with van der Waals surface area (Å²) in [6.45, 7) is 11.6. The summed E-state index contributed by atoms with van der Waals surface area (Å²) in [6, 6.07) is 19.1. The average Bonchev–Trinajstić information content (AvgIpc) is 2.83. The summed E-state index contributed by atoms with van der Waals surface area (Å²) >= 11 is 0. The summed E-state index contributed by atoms with van der Waals surface area (Å²) < 4.78 is 6.23. The molecule has 0 aliphatic carbocycles. The van der Waals surface area contributed by atoms with Crippen LogP contribution >= 0.6 is 0 Å². The molecule has 0 saturated heterocycles. The van der Waals surface area contributed by atoms with Crippen LogP contribution in [0.2, 0.25) is 18.1 Å². The van der Waals surface area contributed by atoms with Crippen LogP contribution in [0.4, 0.5) is 16.3 Å². The van der Waals surface area contributed by atoms with Gasteiger partial charge in [0.05, 0.1) is 12.3 Å². The zero-order valence-electron chi connectivity index (χ0n) is 22.3. The Hall–Kier alpha value is -3.49. The molecule has 0 spiro atoms. The third-order valence-electron chi connectivity index (χ3n) is 6.78. The minimum Gasteiger partial charge on any atom is -0.465 e. The number of carbonyl (C=O) groups is 2. The number of anilines is 2. The summed E-state index contributed by atoms with van der Waals surface area (Å²) in [5, 5.41) is 14.7. The molecule has 3 N–H and O–H groups in total. The van der Waals surface area contributed by atoms with E-state index in [0.717, 1.165) is 22.3 Å². The van der Waals surface area contributed by atoms with Crippen LogP contribution in [0.1, 0.15) is 44.7 Å². The Labute approximate surface area is 220 Å². The maximum atomic E-state index is 12.4. The zero-order chi connectivity index (χ0) is 27.1. The van der Waals surface area contributed by atoms with E-state index in [4.69, 9.17) is 4.43 Å². The van der Waals surface area contributed by atoms with Gasteiger partial charge < -0.3 is 14.8 Å². The second-order valence-corrected chi connectivity index (χ2v) is 15.5. The van der Waals surface area contributed by atoms with Crippen LogP contribution in [0.3, 0.4) is 0 Å². The first-order chi connectivity index (χ1) is 17.4. The lowest BCUT2D eigenvalue weighted by atomic mass is 9.99. The van der Waals surface area contributed by atoms with Gasteiger partial charge in [0.15, 0.2) is 8.32 Å².